The standard InChI is InChI=1S/C11H10N2O3/c1-16-6-2-3-7-8(4-6)9(10(12)14)5-13-11(7)15/h2-5H,1H3,(H2,12,14)(H,13,15). The lowest BCUT2D eigenvalue weighted by Gasteiger charge is -2.06. The maximum Gasteiger partial charge on any atom is 0.250 e. The van der Waals surface area contributed by atoms with Gasteiger partial charge >= 0.3 is 0 Å². The number of aromatic hydroxyl groups is 1. The fraction of sp³-hybridized carbons (Fsp3) is 0.0909. The molecule has 0 saturated heterocycles. The van der Waals surface area contributed by atoms with Gasteiger partial charge in [0.15, 0.2) is 0 Å². The fourth-order valence-electron chi connectivity index (χ4n) is 1.53. The third-order valence-corrected chi connectivity index (χ3v) is 2.34. The predicted molar refractivity (Wildman–Crippen MR) is 58.5 cm³/mol. The van der Waals surface area contributed by atoms with Crippen molar-refractivity contribution in [2.45, 2.75) is 0 Å². The van der Waals surface area contributed by atoms with Crippen molar-refractivity contribution in [3.05, 3.63) is 30.0 Å². The van der Waals surface area contributed by atoms with E-state index in [1.165, 1.54) is 13.3 Å². The third-order valence-electron chi connectivity index (χ3n) is 2.34. The SMILES string of the molecule is COc1ccc2c(O)ncc(C(N)=O)c2c1. The molecule has 0 fully saturated rings. The van der Waals surface area contributed by atoms with E-state index in [0.717, 1.165) is 0 Å². The summed E-state index contributed by atoms with van der Waals surface area (Å²) in [7, 11) is 1.52. The zero-order valence-electron chi connectivity index (χ0n) is 8.60. The fourth-order valence-corrected chi connectivity index (χ4v) is 1.53. The van der Waals surface area contributed by atoms with Crippen molar-refractivity contribution in [2.75, 3.05) is 7.11 Å². The Bertz CT molecular complexity index is 566. The number of methoxy groups -OCH3 is 1. The number of hydrogen-bond donors (Lipinski definition) is 2. The normalized spacial score (nSPS) is 10.3. The van der Waals surface area contributed by atoms with Crippen LogP contribution in [0.15, 0.2) is 24.4 Å². The molecule has 0 aliphatic rings. The molecule has 1 amide bonds. The molecule has 0 aliphatic carbocycles. The van der Waals surface area contributed by atoms with Crippen LogP contribution >= 0.6 is 0 Å². The van der Waals surface area contributed by atoms with E-state index in [9.17, 15) is 9.90 Å². The number of ether oxygens (including phenoxy) is 1. The lowest BCUT2D eigenvalue weighted by Crippen LogP contribution is -2.11. The summed E-state index contributed by atoms with van der Waals surface area (Å²) >= 11 is 0. The van der Waals surface area contributed by atoms with Crippen molar-refractivity contribution in [1.82, 2.24) is 4.98 Å². The Morgan fingerprint density at radius 1 is 1.44 bits per heavy atom. The van der Waals surface area contributed by atoms with Crippen LogP contribution in [-0.2, 0) is 0 Å². The first-order chi connectivity index (χ1) is 7.63. The molecule has 1 aromatic heterocycles. The average molecular weight is 218 g/mol. The van der Waals surface area contributed by atoms with Crippen LogP contribution in [0.5, 0.6) is 11.6 Å². The second-order valence-electron chi connectivity index (χ2n) is 3.27. The summed E-state index contributed by atoms with van der Waals surface area (Å²) in [6.45, 7) is 0. The smallest absolute Gasteiger partial charge is 0.250 e. The average Bonchev–Trinajstić information content (AvgIpc) is 2.28. The van der Waals surface area contributed by atoms with Gasteiger partial charge in [0, 0.05) is 17.0 Å². The number of fused-ring (bicyclic) bond motifs is 1. The Kier molecular flexibility index (Phi) is 2.36. The zero-order chi connectivity index (χ0) is 11.7. The van der Waals surface area contributed by atoms with Gasteiger partial charge in [0.25, 0.3) is 5.91 Å². The van der Waals surface area contributed by atoms with Gasteiger partial charge in [-0.1, -0.05) is 0 Å². The molecular weight excluding hydrogens is 208 g/mol. The van der Waals surface area contributed by atoms with E-state index in [-0.39, 0.29) is 11.4 Å². The van der Waals surface area contributed by atoms with E-state index in [1.54, 1.807) is 18.2 Å². The molecule has 1 heterocycles. The van der Waals surface area contributed by atoms with Crippen LogP contribution in [0.25, 0.3) is 10.8 Å². The largest absolute Gasteiger partial charge is 0.497 e. The molecule has 0 radical (unpaired) electrons. The first kappa shape index (κ1) is 10.2. The number of rotatable bonds is 2. The van der Waals surface area contributed by atoms with Gasteiger partial charge in [-0.05, 0) is 18.2 Å². The first-order valence-corrected chi connectivity index (χ1v) is 4.59. The van der Waals surface area contributed by atoms with Gasteiger partial charge in [-0.2, -0.15) is 0 Å². The Balaban J connectivity index is 2.83. The molecule has 1 aromatic carbocycles. The minimum Gasteiger partial charge on any atom is -0.497 e. The summed E-state index contributed by atoms with van der Waals surface area (Å²) < 4.78 is 5.04. The summed E-state index contributed by atoms with van der Waals surface area (Å²) in [5, 5.41) is 10.5. The quantitative estimate of drug-likeness (QED) is 0.788. The summed E-state index contributed by atoms with van der Waals surface area (Å²) in [6, 6.07) is 4.94. The second kappa shape index (κ2) is 3.69. The number of amides is 1. The van der Waals surface area contributed by atoms with E-state index >= 15 is 0 Å². The Morgan fingerprint density at radius 2 is 2.19 bits per heavy atom. The van der Waals surface area contributed by atoms with Crippen LogP contribution in [0.3, 0.4) is 0 Å². The minimum absolute atomic E-state index is 0.136. The molecule has 3 N–H and O–H groups in total. The van der Waals surface area contributed by atoms with Gasteiger partial charge in [-0.25, -0.2) is 4.98 Å². The van der Waals surface area contributed by atoms with Gasteiger partial charge in [-0.3, -0.25) is 4.79 Å². The minimum atomic E-state index is -0.592. The predicted octanol–water partition coefficient (Wildman–Crippen LogP) is 1.05. The highest BCUT2D eigenvalue weighted by atomic mass is 16.5. The van der Waals surface area contributed by atoms with E-state index in [1.807, 2.05) is 0 Å². The molecule has 5 nitrogen and oxygen atoms in total. The summed E-state index contributed by atoms with van der Waals surface area (Å²) in [4.78, 5) is 14.9. The van der Waals surface area contributed by atoms with Crippen LogP contribution in [-0.4, -0.2) is 23.1 Å². The zero-order valence-corrected chi connectivity index (χ0v) is 8.60. The van der Waals surface area contributed by atoms with Crippen LogP contribution in [0, 0.1) is 0 Å². The molecule has 0 spiro atoms. The Hall–Kier alpha value is -2.30. The van der Waals surface area contributed by atoms with Crippen molar-refractivity contribution in [1.29, 1.82) is 0 Å². The molecule has 16 heavy (non-hydrogen) atoms. The van der Waals surface area contributed by atoms with Crippen LogP contribution in [0.4, 0.5) is 0 Å². The number of nitrogens with zero attached hydrogens (tertiary/aromatic N) is 1. The lowest BCUT2D eigenvalue weighted by atomic mass is 10.1. The Labute approximate surface area is 91.5 Å². The highest BCUT2D eigenvalue weighted by Gasteiger charge is 2.11. The number of nitrogens with two attached hydrogens (primary N) is 1. The van der Waals surface area contributed by atoms with E-state index in [2.05, 4.69) is 4.98 Å². The van der Waals surface area contributed by atoms with Gasteiger partial charge in [0.2, 0.25) is 5.88 Å². The first-order valence-electron chi connectivity index (χ1n) is 4.59. The maximum atomic E-state index is 11.2. The Morgan fingerprint density at radius 3 is 2.81 bits per heavy atom. The number of carbonyl (C=O) groups is 1. The molecule has 0 atom stereocenters. The number of benzene rings is 1. The van der Waals surface area contributed by atoms with Gasteiger partial charge in [0.1, 0.15) is 5.75 Å². The molecule has 82 valence electrons. The van der Waals surface area contributed by atoms with Crippen molar-refractivity contribution in [3.63, 3.8) is 0 Å². The van der Waals surface area contributed by atoms with E-state index < -0.39 is 5.91 Å². The summed E-state index contributed by atoms with van der Waals surface area (Å²) in [5.41, 5.74) is 5.48. The molecular formula is C11H10N2O3. The maximum absolute atomic E-state index is 11.2. The highest BCUT2D eigenvalue weighted by molar-refractivity contribution is 6.07. The van der Waals surface area contributed by atoms with Crippen molar-refractivity contribution >= 4 is 16.7 Å². The molecule has 5 heteroatoms. The number of hydrogen-bond acceptors (Lipinski definition) is 4. The number of aromatic nitrogens is 1. The molecule has 0 aliphatic heterocycles. The number of pyridine rings is 1. The van der Waals surface area contributed by atoms with Crippen LogP contribution < -0.4 is 10.5 Å². The van der Waals surface area contributed by atoms with E-state index in [4.69, 9.17) is 10.5 Å². The monoisotopic (exact) mass is 218 g/mol. The summed E-state index contributed by atoms with van der Waals surface area (Å²) in [6.07, 6.45) is 1.25. The summed E-state index contributed by atoms with van der Waals surface area (Å²) in [5.74, 6) is -0.144. The second-order valence-corrected chi connectivity index (χ2v) is 3.27. The van der Waals surface area contributed by atoms with Crippen molar-refractivity contribution < 1.29 is 14.6 Å². The molecule has 0 saturated carbocycles. The highest BCUT2D eigenvalue weighted by Crippen LogP contribution is 2.28. The van der Waals surface area contributed by atoms with Crippen molar-refractivity contribution in [2.24, 2.45) is 5.73 Å². The van der Waals surface area contributed by atoms with Crippen LogP contribution in [0.2, 0.25) is 0 Å². The number of primary amides is 1. The van der Waals surface area contributed by atoms with E-state index in [0.29, 0.717) is 16.5 Å². The van der Waals surface area contributed by atoms with Gasteiger partial charge in [-0.15, -0.1) is 0 Å². The molecule has 0 bridgehead atoms. The molecule has 2 rings (SSSR count). The van der Waals surface area contributed by atoms with Crippen molar-refractivity contribution in [3.8, 4) is 11.6 Å². The van der Waals surface area contributed by atoms with Gasteiger partial charge in [0.05, 0.1) is 12.7 Å². The van der Waals surface area contributed by atoms with Crippen LogP contribution in [0.1, 0.15) is 10.4 Å². The lowest BCUT2D eigenvalue weighted by molar-refractivity contribution is 0.100. The molecule has 2 aromatic rings. The topological polar surface area (TPSA) is 85.4 Å². The molecule has 0 unspecified atom stereocenters. The number of carbonyl (C=O) groups excluding carboxylic acids is 1. The van der Waals surface area contributed by atoms with Gasteiger partial charge < -0.3 is 15.6 Å². The third kappa shape index (κ3) is 1.52.